The number of hydrogen-bond acceptors (Lipinski definition) is 2. The van der Waals surface area contributed by atoms with Crippen LogP contribution >= 0.6 is 0 Å². The monoisotopic (exact) mass is 284 g/mol. The molecule has 0 aromatic heterocycles. The molecule has 2 aromatic carbocycles. The van der Waals surface area contributed by atoms with E-state index in [1.807, 2.05) is 26.8 Å². The van der Waals surface area contributed by atoms with Crippen LogP contribution in [0.5, 0.6) is 11.5 Å². The molecule has 2 aromatic rings. The average Bonchev–Trinajstić information content (AvgIpc) is 2.36. The molecule has 0 saturated carbocycles. The number of halogens is 1. The molecule has 1 aliphatic rings. The fourth-order valence-corrected chi connectivity index (χ4v) is 2.75. The van der Waals surface area contributed by atoms with Crippen LogP contribution in [-0.4, -0.2) is 10.7 Å². The van der Waals surface area contributed by atoms with Crippen molar-refractivity contribution >= 4 is 5.57 Å². The normalized spacial score (nSPS) is 15.9. The Morgan fingerprint density at radius 2 is 1.76 bits per heavy atom. The number of aryl methyl sites for hydroxylation is 1. The fraction of sp³-hybridized carbons (Fsp3) is 0.222. The van der Waals surface area contributed by atoms with Gasteiger partial charge in [0.05, 0.1) is 0 Å². The predicted molar refractivity (Wildman–Crippen MR) is 81.0 cm³/mol. The SMILES string of the molecule is Cc1cc(O)cc2c1C(c1ccc(F)cc1)=CC(C)(C)O2. The zero-order valence-corrected chi connectivity index (χ0v) is 12.3. The van der Waals surface area contributed by atoms with Gasteiger partial charge in [0, 0.05) is 11.6 Å². The summed E-state index contributed by atoms with van der Waals surface area (Å²) >= 11 is 0. The van der Waals surface area contributed by atoms with Gasteiger partial charge in [-0.1, -0.05) is 12.1 Å². The van der Waals surface area contributed by atoms with Crippen molar-refractivity contribution in [2.75, 3.05) is 0 Å². The third kappa shape index (κ3) is 2.51. The van der Waals surface area contributed by atoms with Crippen LogP contribution in [0.15, 0.2) is 42.5 Å². The van der Waals surface area contributed by atoms with E-state index < -0.39 is 5.60 Å². The van der Waals surface area contributed by atoms with Gasteiger partial charge in [0.25, 0.3) is 0 Å². The van der Waals surface area contributed by atoms with E-state index in [-0.39, 0.29) is 11.6 Å². The van der Waals surface area contributed by atoms with Crippen molar-refractivity contribution in [3.8, 4) is 11.5 Å². The van der Waals surface area contributed by atoms with Crippen LogP contribution in [0.3, 0.4) is 0 Å². The molecule has 0 atom stereocenters. The first-order valence-corrected chi connectivity index (χ1v) is 6.87. The van der Waals surface area contributed by atoms with Crippen LogP contribution in [0, 0.1) is 12.7 Å². The molecule has 0 aliphatic carbocycles. The number of benzene rings is 2. The third-order valence-electron chi connectivity index (χ3n) is 3.57. The van der Waals surface area contributed by atoms with E-state index in [0.29, 0.717) is 5.75 Å². The predicted octanol–water partition coefficient (Wildman–Crippen LogP) is 4.44. The highest BCUT2D eigenvalue weighted by Crippen LogP contribution is 2.42. The molecular weight excluding hydrogens is 267 g/mol. The summed E-state index contributed by atoms with van der Waals surface area (Å²) in [5.74, 6) is 0.579. The lowest BCUT2D eigenvalue weighted by Crippen LogP contribution is -2.29. The number of phenolic OH excluding ortho intramolecular Hbond substituents is 1. The van der Waals surface area contributed by atoms with Gasteiger partial charge in [-0.3, -0.25) is 0 Å². The van der Waals surface area contributed by atoms with E-state index in [4.69, 9.17) is 4.74 Å². The van der Waals surface area contributed by atoms with E-state index in [1.54, 1.807) is 24.3 Å². The molecule has 21 heavy (non-hydrogen) atoms. The molecule has 0 bridgehead atoms. The van der Waals surface area contributed by atoms with Gasteiger partial charge in [-0.15, -0.1) is 0 Å². The molecule has 0 amide bonds. The molecule has 0 saturated heterocycles. The second-order valence-electron chi connectivity index (χ2n) is 5.91. The molecular formula is C18H17FO2. The summed E-state index contributed by atoms with van der Waals surface area (Å²) in [4.78, 5) is 0. The molecule has 0 unspecified atom stereocenters. The topological polar surface area (TPSA) is 29.5 Å². The molecule has 0 fully saturated rings. The standard InChI is InChI=1S/C18H17FO2/c1-11-8-14(20)9-16-17(11)15(10-18(2,3)21-16)12-4-6-13(19)7-5-12/h4-10,20H,1-3H3. The van der Waals surface area contributed by atoms with Crippen LogP contribution in [-0.2, 0) is 0 Å². The first-order valence-electron chi connectivity index (χ1n) is 6.87. The maximum absolute atomic E-state index is 13.2. The lowest BCUT2D eigenvalue weighted by Gasteiger charge is -2.32. The Morgan fingerprint density at radius 1 is 1.10 bits per heavy atom. The largest absolute Gasteiger partial charge is 0.508 e. The Balaban J connectivity index is 2.24. The molecule has 1 aliphatic heterocycles. The number of rotatable bonds is 1. The highest BCUT2D eigenvalue weighted by molar-refractivity contribution is 5.86. The number of phenols is 1. The average molecular weight is 284 g/mol. The van der Waals surface area contributed by atoms with Crippen molar-refractivity contribution in [3.63, 3.8) is 0 Å². The Labute approximate surface area is 123 Å². The first-order chi connectivity index (χ1) is 9.85. The highest BCUT2D eigenvalue weighted by atomic mass is 19.1. The van der Waals surface area contributed by atoms with Crippen molar-refractivity contribution in [3.05, 3.63) is 65.0 Å². The molecule has 2 nitrogen and oxygen atoms in total. The van der Waals surface area contributed by atoms with E-state index in [0.717, 1.165) is 22.3 Å². The minimum Gasteiger partial charge on any atom is -0.508 e. The fourth-order valence-electron chi connectivity index (χ4n) is 2.75. The van der Waals surface area contributed by atoms with Crippen molar-refractivity contribution < 1.29 is 14.2 Å². The Bertz CT molecular complexity index is 728. The molecule has 3 rings (SSSR count). The van der Waals surface area contributed by atoms with Crippen LogP contribution < -0.4 is 4.74 Å². The minimum atomic E-state index is -0.489. The van der Waals surface area contributed by atoms with Gasteiger partial charge in [-0.2, -0.15) is 0 Å². The van der Waals surface area contributed by atoms with Crippen molar-refractivity contribution in [2.24, 2.45) is 0 Å². The van der Waals surface area contributed by atoms with Crippen LogP contribution in [0.25, 0.3) is 5.57 Å². The lowest BCUT2D eigenvalue weighted by atomic mass is 9.87. The maximum atomic E-state index is 13.2. The molecule has 108 valence electrons. The summed E-state index contributed by atoms with van der Waals surface area (Å²) in [5, 5.41) is 9.78. The summed E-state index contributed by atoms with van der Waals surface area (Å²) in [6, 6.07) is 9.76. The smallest absolute Gasteiger partial charge is 0.132 e. The molecule has 0 spiro atoms. The second-order valence-corrected chi connectivity index (χ2v) is 5.91. The summed E-state index contributed by atoms with van der Waals surface area (Å²) in [6.45, 7) is 5.84. The lowest BCUT2D eigenvalue weighted by molar-refractivity contribution is 0.157. The Kier molecular flexibility index (Phi) is 3.01. The minimum absolute atomic E-state index is 0.183. The second kappa shape index (κ2) is 4.62. The number of aromatic hydroxyl groups is 1. The van der Waals surface area contributed by atoms with E-state index >= 15 is 0 Å². The van der Waals surface area contributed by atoms with Crippen molar-refractivity contribution in [1.29, 1.82) is 0 Å². The molecule has 3 heteroatoms. The quantitative estimate of drug-likeness (QED) is 0.838. The van der Waals surface area contributed by atoms with E-state index in [2.05, 4.69) is 0 Å². The Hall–Kier alpha value is -2.29. The summed E-state index contributed by atoms with van der Waals surface area (Å²) in [7, 11) is 0. The van der Waals surface area contributed by atoms with Crippen molar-refractivity contribution in [1.82, 2.24) is 0 Å². The van der Waals surface area contributed by atoms with E-state index in [9.17, 15) is 9.50 Å². The van der Waals surface area contributed by atoms with Crippen LogP contribution in [0.1, 0.15) is 30.5 Å². The van der Waals surface area contributed by atoms with Crippen molar-refractivity contribution in [2.45, 2.75) is 26.4 Å². The van der Waals surface area contributed by atoms with Gasteiger partial charge < -0.3 is 9.84 Å². The number of fused-ring (bicyclic) bond motifs is 1. The summed E-state index contributed by atoms with van der Waals surface area (Å²) in [5.41, 5.74) is 3.31. The zero-order valence-electron chi connectivity index (χ0n) is 12.3. The van der Waals surface area contributed by atoms with Gasteiger partial charge in [-0.25, -0.2) is 4.39 Å². The van der Waals surface area contributed by atoms with E-state index in [1.165, 1.54) is 12.1 Å². The summed E-state index contributed by atoms with van der Waals surface area (Å²) in [6.07, 6.45) is 2.03. The van der Waals surface area contributed by atoms with Crippen LogP contribution in [0.4, 0.5) is 4.39 Å². The maximum Gasteiger partial charge on any atom is 0.132 e. The van der Waals surface area contributed by atoms with Crippen LogP contribution in [0.2, 0.25) is 0 Å². The molecule has 0 radical (unpaired) electrons. The van der Waals surface area contributed by atoms with Gasteiger partial charge in [0.15, 0.2) is 0 Å². The van der Waals surface area contributed by atoms with Gasteiger partial charge >= 0.3 is 0 Å². The zero-order chi connectivity index (χ0) is 15.2. The highest BCUT2D eigenvalue weighted by Gasteiger charge is 2.28. The summed E-state index contributed by atoms with van der Waals surface area (Å²) < 4.78 is 19.1. The number of hydrogen-bond donors (Lipinski definition) is 1. The Morgan fingerprint density at radius 3 is 2.43 bits per heavy atom. The van der Waals surface area contributed by atoms with Gasteiger partial charge in [0.1, 0.15) is 22.9 Å². The van der Waals surface area contributed by atoms with Gasteiger partial charge in [-0.05, 0) is 61.7 Å². The van der Waals surface area contributed by atoms with Gasteiger partial charge in [0.2, 0.25) is 0 Å². The molecule has 1 N–H and O–H groups in total. The number of ether oxygens (including phenoxy) is 1. The third-order valence-corrected chi connectivity index (χ3v) is 3.57. The molecule has 1 heterocycles. The first kappa shape index (κ1) is 13.7.